The van der Waals surface area contributed by atoms with Crippen LogP contribution in [-0.2, 0) is 4.79 Å². The second-order valence-electron chi connectivity index (χ2n) is 6.03. The number of hydrogen-bond donors (Lipinski definition) is 1. The minimum Gasteiger partial charge on any atom is -0.354 e. The molecular weight excluding hydrogens is 319 g/mol. The normalized spacial score (nSPS) is 16.9. The van der Waals surface area contributed by atoms with Crippen LogP contribution < -0.4 is 5.32 Å². The van der Waals surface area contributed by atoms with Crippen LogP contribution in [0.3, 0.4) is 0 Å². The summed E-state index contributed by atoms with van der Waals surface area (Å²) in [4.78, 5) is 14.3. The molecule has 0 radical (unpaired) electrons. The number of rotatable bonds is 5. The van der Waals surface area contributed by atoms with E-state index >= 15 is 0 Å². The van der Waals surface area contributed by atoms with Gasteiger partial charge in [-0.05, 0) is 37.6 Å². The molecule has 1 unspecified atom stereocenters. The third kappa shape index (κ3) is 5.15. The third-order valence-electron chi connectivity index (χ3n) is 4.09. The quantitative estimate of drug-likeness (QED) is 0.873. The zero-order chi connectivity index (χ0) is 15.2. The molecule has 22 heavy (non-hydrogen) atoms. The molecule has 1 aromatic rings. The Morgan fingerprint density at radius 3 is 2.45 bits per heavy atom. The maximum absolute atomic E-state index is 11.9. The molecule has 5 heteroatoms. The molecule has 1 fully saturated rings. The van der Waals surface area contributed by atoms with E-state index in [4.69, 9.17) is 11.6 Å². The minimum atomic E-state index is 0. The van der Waals surface area contributed by atoms with Gasteiger partial charge in [-0.25, -0.2) is 0 Å². The molecule has 1 aliphatic rings. The Morgan fingerprint density at radius 1 is 1.23 bits per heavy atom. The Morgan fingerprint density at radius 2 is 1.86 bits per heavy atom. The van der Waals surface area contributed by atoms with Crippen molar-refractivity contribution >= 4 is 29.9 Å². The standard InChI is InChI=1S/C17H25ClN2O.ClH/c1-13(2)17(21)19-12-16(20-10-6-3-7-11-20)14-8-4-5-9-15(14)18;/h4-5,8-9,13,16H,3,6-7,10-12H2,1-2H3,(H,19,21);1H. The number of nitrogens with one attached hydrogen (secondary N) is 1. The Labute approximate surface area is 144 Å². The summed E-state index contributed by atoms with van der Waals surface area (Å²) in [7, 11) is 0. The lowest BCUT2D eigenvalue weighted by molar-refractivity contribution is -0.124. The first-order valence-electron chi connectivity index (χ1n) is 7.85. The van der Waals surface area contributed by atoms with Gasteiger partial charge in [0.1, 0.15) is 0 Å². The van der Waals surface area contributed by atoms with Crippen molar-refractivity contribution in [2.24, 2.45) is 5.92 Å². The van der Waals surface area contributed by atoms with E-state index in [0.717, 1.165) is 23.7 Å². The fourth-order valence-corrected chi connectivity index (χ4v) is 3.07. The summed E-state index contributed by atoms with van der Waals surface area (Å²) in [6.07, 6.45) is 3.74. The van der Waals surface area contributed by atoms with Crippen LogP contribution in [0.5, 0.6) is 0 Å². The highest BCUT2D eigenvalue weighted by Crippen LogP contribution is 2.29. The van der Waals surface area contributed by atoms with Gasteiger partial charge in [-0.1, -0.05) is 50.1 Å². The van der Waals surface area contributed by atoms with Crippen LogP contribution in [0.1, 0.15) is 44.7 Å². The highest BCUT2D eigenvalue weighted by atomic mass is 35.5. The summed E-state index contributed by atoms with van der Waals surface area (Å²) in [5, 5.41) is 3.85. The van der Waals surface area contributed by atoms with Crippen LogP contribution in [0.2, 0.25) is 5.02 Å². The van der Waals surface area contributed by atoms with E-state index in [-0.39, 0.29) is 30.3 Å². The highest BCUT2D eigenvalue weighted by molar-refractivity contribution is 6.31. The number of piperidine rings is 1. The van der Waals surface area contributed by atoms with Gasteiger partial charge in [0.2, 0.25) is 5.91 Å². The Kier molecular flexibility index (Phi) is 8.23. The summed E-state index contributed by atoms with van der Waals surface area (Å²) in [5.41, 5.74) is 1.12. The molecule has 1 amide bonds. The lowest BCUT2D eigenvalue weighted by Crippen LogP contribution is -2.41. The molecule has 0 spiro atoms. The van der Waals surface area contributed by atoms with Gasteiger partial charge in [0.15, 0.2) is 0 Å². The van der Waals surface area contributed by atoms with E-state index < -0.39 is 0 Å². The Hall–Kier alpha value is -0.770. The second kappa shape index (κ2) is 9.39. The van der Waals surface area contributed by atoms with E-state index in [1.807, 2.05) is 32.0 Å². The number of nitrogens with zero attached hydrogens (tertiary/aromatic N) is 1. The van der Waals surface area contributed by atoms with Crippen molar-refractivity contribution in [3.05, 3.63) is 34.9 Å². The average molecular weight is 345 g/mol. The van der Waals surface area contributed by atoms with Crippen LogP contribution >= 0.6 is 24.0 Å². The fraction of sp³-hybridized carbons (Fsp3) is 0.588. The lowest BCUT2D eigenvalue weighted by Gasteiger charge is -2.35. The Bertz CT molecular complexity index is 473. The maximum atomic E-state index is 11.9. The molecule has 1 saturated heterocycles. The zero-order valence-corrected chi connectivity index (χ0v) is 14.9. The van der Waals surface area contributed by atoms with Crippen molar-refractivity contribution in [2.75, 3.05) is 19.6 Å². The van der Waals surface area contributed by atoms with Crippen LogP contribution in [-0.4, -0.2) is 30.4 Å². The molecule has 0 aromatic heterocycles. The molecular formula is C17H26Cl2N2O. The topological polar surface area (TPSA) is 32.3 Å². The Balaban J connectivity index is 0.00000242. The molecule has 1 N–H and O–H groups in total. The smallest absolute Gasteiger partial charge is 0.222 e. The van der Waals surface area contributed by atoms with E-state index in [1.54, 1.807) is 0 Å². The summed E-state index contributed by atoms with van der Waals surface area (Å²) in [5.74, 6) is 0.113. The van der Waals surface area contributed by atoms with Gasteiger partial charge in [0.25, 0.3) is 0 Å². The van der Waals surface area contributed by atoms with Crippen molar-refractivity contribution in [3.8, 4) is 0 Å². The van der Waals surface area contributed by atoms with E-state index in [1.165, 1.54) is 19.3 Å². The van der Waals surface area contributed by atoms with Gasteiger partial charge in [0, 0.05) is 17.5 Å². The molecule has 1 heterocycles. The van der Waals surface area contributed by atoms with Crippen LogP contribution in [0.4, 0.5) is 0 Å². The number of halogens is 2. The second-order valence-corrected chi connectivity index (χ2v) is 6.44. The fourth-order valence-electron chi connectivity index (χ4n) is 2.81. The summed E-state index contributed by atoms with van der Waals surface area (Å²) in [6, 6.07) is 8.14. The van der Waals surface area contributed by atoms with Crippen molar-refractivity contribution in [3.63, 3.8) is 0 Å². The van der Waals surface area contributed by atoms with Crippen LogP contribution in [0.15, 0.2) is 24.3 Å². The minimum absolute atomic E-state index is 0. The number of hydrogen-bond acceptors (Lipinski definition) is 2. The molecule has 1 aromatic carbocycles. The molecule has 3 nitrogen and oxygen atoms in total. The third-order valence-corrected chi connectivity index (χ3v) is 4.43. The van der Waals surface area contributed by atoms with Crippen molar-refractivity contribution in [1.29, 1.82) is 0 Å². The van der Waals surface area contributed by atoms with Crippen LogP contribution in [0, 0.1) is 5.92 Å². The predicted molar refractivity (Wildman–Crippen MR) is 94.7 cm³/mol. The molecule has 0 bridgehead atoms. The average Bonchev–Trinajstić information content (AvgIpc) is 2.50. The number of benzene rings is 1. The van der Waals surface area contributed by atoms with Gasteiger partial charge >= 0.3 is 0 Å². The number of amides is 1. The van der Waals surface area contributed by atoms with E-state index in [2.05, 4.69) is 16.3 Å². The van der Waals surface area contributed by atoms with Crippen LogP contribution in [0.25, 0.3) is 0 Å². The molecule has 2 rings (SSSR count). The largest absolute Gasteiger partial charge is 0.354 e. The SMILES string of the molecule is CC(C)C(=O)NCC(c1ccccc1Cl)N1CCCCC1.Cl. The first-order chi connectivity index (χ1) is 10.1. The number of carbonyl (C=O) groups is 1. The molecule has 1 aliphatic heterocycles. The van der Waals surface area contributed by atoms with E-state index in [9.17, 15) is 4.79 Å². The predicted octanol–water partition coefficient (Wildman–Crippen LogP) is 4.06. The zero-order valence-electron chi connectivity index (χ0n) is 13.3. The van der Waals surface area contributed by atoms with Gasteiger partial charge in [-0.15, -0.1) is 12.4 Å². The monoisotopic (exact) mass is 344 g/mol. The molecule has 0 aliphatic carbocycles. The number of carbonyl (C=O) groups excluding carboxylic acids is 1. The first kappa shape index (κ1) is 19.3. The molecule has 1 atom stereocenters. The van der Waals surface area contributed by atoms with Gasteiger partial charge < -0.3 is 5.32 Å². The van der Waals surface area contributed by atoms with Gasteiger partial charge in [0.05, 0.1) is 6.04 Å². The maximum Gasteiger partial charge on any atom is 0.222 e. The highest BCUT2D eigenvalue weighted by Gasteiger charge is 2.24. The first-order valence-corrected chi connectivity index (χ1v) is 8.23. The van der Waals surface area contributed by atoms with Crippen molar-refractivity contribution < 1.29 is 4.79 Å². The molecule has 124 valence electrons. The van der Waals surface area contributed by atoms with Crippen molar-refractivity contribution in [1.82, 2.24) is 10.2 Å². The summed E-state index contributed by atoms with van der Waals surface area (Å²) < 4.78 is 0. The lowest BCUT2D eigenvalue weighted by atomic mass is 10.0. The number of likely N-dealkylation sites (tertiary alicyclic amines) is 1. The molecule has 0 saturated carbocycles. The van der Waals surface area contributed by atoms with Crippen molar-refractivity contribution in [2.45, 2.75) is 39.2 Å². The van der Waals surface area contributed by atoms with Gasteiger partial charge in [-0.2, -0.15) is 0 Å². The summed E-state index contributed by atoms with van der Waals surface area (Å²) in [6.45, 7) is 6.61. The van der Waals surface area contributed by atoms with Gasteiger partial charge in [-0.3, -0.25) is 9.69 Å². The van der Waals surface area contributed by atoms with E-state index in [0.29, 0.717) is 6.54 Å². The summed E-state index contributed by atoms with van der Waals surface area (Å²) >= 11 is 6.38.